The molecule has 4 aliphatic rings. The molecule has 2 saturated heterocycles. The molecule has 2 bridgehead atoms. The maximum Gasteiger partial charge on any atom is 0.329 e. The molecule has 5 unspecified atom stereocenters. The van der Waals surface area contributed by atoms with Gasteiger partial charge in [-0.3, -0.25) is 19.2 Å². The number of ether oxygens (including phenoxy) is 5. The van der Waals surface area contributed by atoms with Crippen LogP contribution in [0.15, 0.2) is 53.9 Å². The van der Waals surface area contributed by atoms with Crippen LogP contribution in [-0.4, -0.2) is 141 Å². The Balaban J connectivity index is 1.46. The van der Waals surface area contributed by atoms with Gasteiger partial charge in [0, 0.05) is 58.5 Å². The third-order valence-electron chi connectivity index (χ3n) is 15.2. The Bertz CT molecular complexity index is 2020. The first-order chi connectivity index (χ1) is 32.8. The van der Waals surface area contributed by atoms with Gasteiger partial charge in [0.25, 0.3) is 11.7 Å². The SMILES string of the molecule is COC1C(=O)C(C)C[C@H](C)/C=C/C=C/C=C(\C)[C@@H](OC)C[C@@H]2CC[C@@H](C)C(O)(O2)C(=O)C(=O)N2CCCC[C@H]2C(=O)O[C@H]([C@H](C)CC2CC[C@H](n3cnnn3)C(OC)C2)CC(=O)[C@H](C)/C=C(\C)[C@H]1O. The Labute approximate surface area is 408 Å². The summed E-state index contributed by atoms with van der Waals surface area (Å²) in [6, 6.07) is -1.19. The third-order valence-corrected chi connectivity index (χ3v) is 15.2. The predicted octanol–water partition coefficient (Wildman–Crippen LogP) is 6.05. The molecule has 0 spiro atoms. The minimum absolute atomic E-state index is 0.0170. The van der Waals surface area contributed by atoms with Crippen molar-refractivity contribution >= 4 is 29.2 Å². The van der Waals surface area contributed by atoms with E-state index in [2.05, 4.69) is 15.5 Å². The standard InChI is InChI=1S/C52H79N5O12/c1-31-16-12-11-13-17-32(2)43(65-8)28-39-21-19-37(7)52(64,69-39)49(61)50(62)56-23-15-14-18-41(56)51(63)68-44(34(4)26-38-20-22-40(45(27-38)66-9)57-30-53-54-55-57)29-42(58)33(3)25-36(6)47(60)48(67-10)46(59)35(5)24-31/h11-13,16-17,25,30-31,33-35,37-41,43-45,47-48,60,64H,14-15,18-24,26-29H2,1-10H3/b13-11+,16-12+,32-17+,36-25+/t31-,33-,34-,35?,37-,38?,39+,40+,41+,43+,44+,45?,47-,48?,52?/m1/s1. The van der Waals surface area contributed by atoms with E-state index in [0.717, 1.165) is 18.4 Å². The topological polar surface area (TPSA) is 219 Å². The Hall–Kier alpha value is -4.26. The minimum atomic E-state index is -2.43. The molecule has 1 aromatic rings. The average molecular weight is 966 g/mol. The summed E-state index contributed by atoms with van der Waals surface area (Å²) in [6.07, 6.45) is 13.9. The smallest absolute Gasteiger partial charge is 0.329 e. The van der Waals surface area contributed by atoms with E-state index < -0.39 is 77.8 Å². The average Bonchev–Trinajstić information content (AvgIpc) is 3.88. The summed E-state index contributed by atoms with van der Waals surface area (Å²) < 4.78 is 31.6. The number of allylic oxidation sites excluding steroid dienone is 6. The van der Waals surface area contributed by atoms with Gasteiger partial charge in [0.15, 0.2) is 5.78 Å². The highest BCUT2D eigenvalue weighted by Gasteiger charge is 2.53. The summed E-state index contributed by atoms with van der Waals surface area (Å²) >= 11 is 0. The number of rotatable bonds is 7. The van der Waals surface area contributed by atoms with E-state index in [9.17, 15) is 34.2 Å². The zero-order valence-electron chi connectivity index (χ0n) is 42.5. The van der Waals surface area contributed by atoms with Gasteiger partial charge in [-0.1, -0.05) is 71.1 Å². The first kappa shape index (κ1) is 55.7. The van der Waals surface area contributed by atoms with Gasteiger partial charge in [-0.25, -0.2) is 9.48 Å². The summed E-state index contributed by atoms with van der Waals surface area (Å²) in [4.78, 5) is 72.3. The van der Waals surface area contributed by atoms with Crippen LogP contribution in [0.3, 0.4) is 0 Å². The number of fused-ring (bicyclic) bond motifs is 3. The summed E-state index contributed by atoms with van der Waals surface area (Å²) in [5, 5.41) is 35.2. The number of ketones is 3. The molecule has 4 heterocycles. The van der Waals surface area contributed by atoms with Gasteiger partial charge in [0.2, 0.25) is 5.79 Å². The molecule has 384 valence electrons. The van der Waals surface area contributed by atoms with Crippen LogP contribution in [0.2, 0.25) is 0 Å². The number of carbonyl (C=O) groups excluding carboxylic acids is 5. The van der Waals surface area contributed by atoms with Crippen LogP contribution in [0, 0.1) is 35.5 Å². The Kier molecular flexibility index (Phi) is 20.8. The van der Waals surface area contributed by atoms with Gasteiger partial charge in [-0.05, 0) is 117 Å². The maximum absolute atomic E-state index is 14.5. The molecule has 17 heteroatoms. The summed E-state index contributed by atoms with van der Waals surface area (Å²) in [6.45, 7) is 12.8. The van der Waals surface area contributed by atoms with Crippen molar-refractivity contribution in [2.24, 2.45) is 35.5 Å². The highest BCUT2D eigenvalue weighted by atomic mass is 16.6. The number of piperidine rings is 1. The number of aliphatic hydroxyl groups excluding tert-OH is 1. The number of carbonyl (C=O) groups is 5. The second kappa shape index (κ2) is 25.7. The first-order valence-corrected chi connectivity index (χ1v) is 25.0. The number of hydrogen-bond acceptors (Lipinski definition) is 15. The van der Waals surface area contributed by atoms with Gasteiger partial charge in [0.1, 0.15) is 36.5 Å². The molecular formula is C52H79N5O12. The lowest BCUT2D eigenvalue weighted by Gasteiger charge is -2.42. The number of methoxy groups -OCH3 is 3. The highest BCUT2D eigenvalue weighted by Crippen LogP contribution is 2.39. The van der Waals surface area contributed by atoms with E-state index in [0.29, 0.717) is 56.9 Å². The van der Waals surface area contributed by atoms with Gasteiger partial charge >= 0.3 is 5.97 Å². The molecule has 0 aromatic carbocycles. The van der Waals surface area contributed by atoms with E-state index in [4.69, 9.17) is 23.7 Å². The molecule has 69 heavy (non-hydrogen) atoms. The van der Waals surface area contributed by atoms with Crippen LogP contribution in [0.5, 0.6) is 0 Å². The number of aromatic nitrogens is 4. The van der Waals surface area contributed by atoms with E-state index >= 15 is 0 Å². The van der Waals surface area contributed by atoms with E-state index in [1.165, 1.54) is 12.0 Å². The number of aliphatic hydroxyl groups is 2. The zero-order valence-corrected chi connectivity index (χ0v) is 42.5. The highest BCUT2D eigenvalue weighted by molar-refractivity contribution is 6.39. The van der Waals surface area contributed by atoms with Crippen LogP contribution in [0.1, 0.15) is 132 Å². The fourth-order valence-electron chi connectivity index (χ4n) is 10.7. The van der Waals surface area contributed by atoms with Crippen LogP contribution in [0.4, 0.5) is 0 Å². The van der Waals surface area contributed by atoms with Crippen molar-refractivity contribution in [3.8, 4) is 0 Å². The van der Waals surface area contributed by atoms with E-state index in [-0.39, 0.29) is 60.9 Å². The predicted molar refractivity (Wildman–Crippen MR) is 256 cm³/mol. The first-order valence-electron chi connectivity index (χ1n) is 25.0. The summed E-state index contributed by atoms with van der Waals surface area (Å²) in [5.74, 6) is -7.92. The van der Waals surface area contributed by atoms with Crippen LogP contribution in [0.25, 0.3) is 0 Å². The maximum atomic E-state index is 14.5. The molecule has 0 radical (unpaired) electrons. The van der Waals surface area contributed by atoms with E-state index in [1.54, 1.807) is 52.1 Å². The number of amides is 1. The Morgan fingerprint density at radius 1 is 0.884 bits per heavy atom. The third kappa shape index (κ3) is 14.2. The molecule has 2 N–H and O–H groups in total. The van der Waals surface area contributed by atoms with Crippen molar-refractivity contribution in [1.29, 1.82) is 0 Å². The quantitative estimate of drug-likeness (QED) is 0.181. The van der Waals surface area contributed by atoms with Gasteiger partial charge in [0.05, 0.1) is 24.4 Å². The number of Topliss-reactive ketones (excluding diaryl/α,β-unsaturated/α-hetero) is 3. The van der Waals surface area contributed by atoms with Gasteiger partial charge in [-0.2, -0.15) is 0 Å². The van der Waals surface area contributed by atoms with Gasteiger partial charge in [-0.15, -0.1) is 5.10 Å². The number of cyclic esters (lactones) is 1. The Morgan fingerprint density at radius 3 is 2.32 bits per heavy atom. The monoisotopic (exact) mass is 966 g/mol. The van der Waals surface area contributed by atoms with Crippen LogP contribution < -0.4 is 0 Å². The molecule has 3 fully saturated rings. The molecule has 15 atom stereocenters. The Morgan fingerprint density at radius 2 is 1.64 bits per heavy atom. The lowest BCUT2D eigenvalue weighted by Crippen LogP contribution is -2.61. The second-order valence-corrected chi connectivity index (χ2v) is 20.4. The van der Waals surface area contributed by atoms with Crippen molar-refractivity contribution < 1.29 is 57.9 Å². The lowest BCUT2D eigenvalue weighted by molar-refractivity contribution is -0.265. The number of tetrazole rings is 1. The van der Waals surface area contributed by atoms with Crippen molar-refractivity contribution in [2.45, 2.75) is 180 Å². The van der Waals surface area contributed by atoms with Crippen molar-refractivity contribution in [3.63, 3.8) is 0 Å². The molecular weight excluding hydrogens is 887 g/mol. The largest absolute Gasteiger partial charge is 0.460 e. The van der Waals surface area contributed by atoms with Crippen LogP contribution in [-0.2, 0) is 47.7 Å². The fraction of sp³-hybridized carbons (Fsp3) is 0.731. The summed E-state index contributed by atoms with van der Waals surface area (Å²) in [5.41, 5.74) is 1.27. The molecule has 5 rings (SSSR count). The lowest BCUT2D eigenvalue weighted by atomic mass is 9.77. The second-order valence-electron chi connectivity index (χ2n) is 20.4. The van der Waals surface area contributed by atoms with E-state index in [1.807, 2.05) is 58.1 Å². The molecule has 1 amide bonds. The number of hydrogen-bond donors (Lipinski definition) is 2. The van der Waals surface area contributed by atoms with Crippen LogP contribution >= 0.6 is 0 Å². The summed E-state index contributed by atoms with van der Waals surface area (Å²) in [7, 11) is 4.62. The molecule has 1 saturated carbocycles. The number of esters is 1. The molecule has 3 aliphatic heterocycles. The molecule has 17 nitrogen and oxygen atoms in total. The fourth-order valence-corrected chi connectivity index (χ4v) is 10.7. The minimum Gasteiger partial charge on any atom is -0.460 e. The molecule has 1 aromatic heterocycles. The number of nitrogens with zero attached hydrogens (tertiary/aromatic N) is 5. The molecule has 1 aliphatic carbocycles. The normalized spacial score (nSPS) is 38.8. The van der Waals surface area contributed by atoms with Crippen molar-refractivity contribution in [3.05, 3.63) is 53.9 Å². The van der Waals surface area contributed by atoms with Gasteiger partial charge < -0.3 is 38.8 Å². The van der Waals surface area contributed by atoms with Crippen molar-refractivity contribution in [1.82, 2.24) is 25.1 Å². The van der Waals surface area contributed by atoms with Crippen molar-refractivity contribution in [2.75, 3.05) is 27.9 Å². The zero-order chi connectivity index (χ0) is 50.6.